The summed E-state index contributed by atoms with van der Waals surface area (Å²) in [6.07, 6.45) is -0.860. The average molecular weight is 392 g/mol. The third-order valence-corrected chi connectivity index (χ3v) is 5.29. The van der Waals surface area contributed by atoms with Gasteiger partial charge in [0, 0.05) is 10.1 Å². The topological polar surface area (TPSA) is 84.5 Å². The van der Waals surface area contributed by atoms with Crippen molar-refractivity contribution in [3.63, 3.8) is 0 Å². The van der Waals surface area contributed by atoms with Gasteiger partial charge in [0.1, 0.15) is 10.8 Å². The first kappa shape index (κ1) is 18.0. The molecule has 0 atom stereocenters. The normalized spacial score (nSPS) is 10.5. The van der Waals surface area contributed by atoms with Crippen LogP contribution in [0.4, 0.5) is 14.2 Å². The number of imide groups is 1. The first-order chi connectivity index (χ1) is 12.5. The Hall–Kier alpha value is -2.78. The lowest BCUT2D eigenvalue weighted by atomic mass is 10.2. The van der Waals surface area contributed by atoms with Crippen molar-refractivity contribution >= 4 is 55.7 Å². The van der Waals surface area contributed by atoms with E-state index in [1.165, 1.54) is 18.2 Å². The van der Waals surface area contributed by atoms with E-state index in [9.17, 15) is 18.8 Å². The van der Waals surface area contributed by atoms with E-state index < -0.39 is 23.7 Å². The van der Waals surface area contributed by atoms with Gasteiger partial charge in [-0.2, -0.15) is 0 Å². The van der Waals surface area contributed by atoms with Crippen molar-refractivity contribution in [3.05, 3.63) is 52.0 Å². The standard InChI is InChI=1S/C17H13FN2O4S2/c1-2-24-17(23)20-14(21)9-6-7-25-16(9)19-15(22)13-8-10-11(18)4-3-5-12(10)26-13/h3-8H,2H2,1H3,(H,19,22)(H,20,21,23). The Morgan fingerprint density at radius 2 is 2.00 bits per heavy atom. The molecule has 2 aromatic heterocycles. The Labute approximate surface area is 155 Å². The van der Waals surface area contributed by atoms with E-state index in [2.05, 4.69) is 15.4 Å². The Morgan fingerprint density at radius 1 is 1.19 bits per heavy atom. The SMILES string of the molecule is CCOC(=O)NC(=O)c1ccsc1NC(=O)c1cc2c(F)cccc2s1. The predicted molar refractivity (Wildman–Crippen MR) is 98.5 cm³/mol. The van der Waals surface area contributed by atoms with Crippen molar-refractivity contribution in [3.8, 4) is 0 Å². The van der Waals surface area contributed by atoms with Crippen LogP contribution in [-0.2, 0) is 4.74 Å². The fourth-order valence-corrected chi connectivity index (χ4v) is 3.96. The Balaban J connectivity index is 1.77. The van der Waals surface area contributed by atoms with Crippen molar-refractivity contribution in [2.24, 2.45) is 0 Å². The van der Waals surface area contributed by atoms with Crippen molar-refractivity contribution in [1.82, 2.24) is 5.32 Å². The molecule has 0 unspecified atom stereocenters. The minimum atomic E-state index is -0.860. The van der Waals surface area contributed by atoms with E-state index in [1.807, 2.05) is 0 Å². The molecular weight excluding hydrogens is 379 g/mol. The summed E-state index contributed by atoms with van der Waals surface area (Å²) in [7, 11) is 0. The van der Waals surface area contributed by atoms with Crippen molar-refractivity contribution in [2.45, 2.75) is 6.92 Å². The molecule has 0 fully saturated rings. The summed E-state index contributed by atoms with van der Waals surface area (Å²) >= 11 is 2.29. The molecule has 0 aliphatic carbocycles. The summed E-state index contributed by atoms with van der Waals surface area (Å²) in [4.78, 5) is 36.2. The van der Waals surface area contributed by atoms with E-state index in [0.29, 0.717) is 15.0 Å². The highest BCUT2D eigenvalue weighted by atomic mass is 32.1. The van der Waals surface area contributed by atoms with Crippen LogP contribution in [0.1, 0.15) is 27.0 Å². The Bertz CT molecular complexity index is 996. The molecule has 0 aliphatic rings. The highest BCUT2D eigenvalue weighted by Crippen LogP contribution is 2.29. The summed E-state index contributed by atoms with van der Waals surface area (Å²) in [6, 6.07) is 7.58. The molecule has 3 aromatic rings. The van der Waals surface area contributed by atoms with Crippen LogP contribution in [0.15, 0.2) is 35.7 Å². The van der Waals surface area contributed by atoms with Crippen LogP contribution >= 0.6 is 22.7 Å². The van der Waals surface area contributed by atoms with Gasteiger partial charge in [-0.05, 0) is 36.6 Å². The minimum Gasteiger partial charge on any atom is -0.450 e. The van der Waals surface area contributed by atoms with Crippen LogP contribution in [-0.4, -0.2) is 24.5 Å². The molecule has 0 aliphatic heterocycles. The predicted octanol–water partition coefficient (Wildman–Crippen LogP) is 4.24. The Morgan fingerprint density at radius 3 is 2.73 bits per heavy atom. The third kappa shape index (κ3) is 3.73. The zero-order valence-electron chi connectivity index (χ0n) is 13.5. The van der Waals surface area contributed by atoms with Gasteiger partial charge in [-0.15, -0.1) is 22.7 Å². The smallest absolute Gasteiger partial charge is 0.414 e. The number of thiophene rings is 2. The molecule has 0 bridgehead atoms. The van der Waals surface area contributed by atoms with Crippen molar-refractivity contribution in [2.75, 3.05) is 11.9 Å². The van der Waals surface area contributed by atoms with E-state index in [1.54, 1.807) is 24.4 Å². The second kappa shape index (κ2) is 7.63. The van der Waals surface area contributed by atoms with E-state index in [4.69, 9.17) is 0 Å². The summed E-state index contributed by atoms with van der Waals surface area (Å²) in [5.41, 5.74) is 0.142. The van der Waals surface area contributed by atoms with Gasteiger partial charge in [-0.25, -0.2) is 9.18 Å². The van der Waals surface area contributed by atoms with Gasteiger partial charge >= 0.3 is 6.09 Å². The number of benzene rings is 1. The van der Waals surface area contributed by atoms with Gasteiger partial charge in [0.15, 0.2) is 0 Å². The lowest BCUT2D eigenvalue weighted by molar-refractivity contribution is 0.0926. The number of hydrogen-bond donors (Lipinski definition) is 2. The summed E-state index contributed by atoms with van der Waals surface area (Å²) < 4.78 is 19.1. The maximum atomic E-state index is 13.8. The first-order valence-electron chi connectivity index (χ1n) is 7.54. The summed E-state index contributed by atoms with van der Waals surface area (Å²) in [5, 5.41) is 6.97. The zero-order chi connectivity index (χ0) is 18.7. The van der Waals surface area contributed by atoms with Crippen LogP contribution in [0.2, 0.25) is 0 Å². The number of nitrogens with one attached hydrogen (secondary N) is 2. The Kier molecular flexibility index (Phi) is 5.29. The highest BCUT2D eigenvalue weighted by molar-refractivity contribution is 7.21. The van der Waals surface area contributed by atoms with Gasteiger partial charge in [-0.1, -0.05) is 6.07 Å². The van der Waals surface area contributed by atoms with E-state index in [0.717, 1.165) is 22.7 Å². The van der Waals surface area contributed by atoms with Crippen LogP contribution in [0.25, 0.3) is 10.1 Å². The number of ether oxygens (including phenoxy) is 1. The second-order valence-corrected chi connectivity index (χ2v) is 7.05. The number of hydrogen-bond acceptors (Lipinski definition) is 6. The largest absolute Gasteiger partial charge is 0.450 e. The molecule has 0 saturated carbocycles. The molecule has 3 rings (SSSR count). The third-order valence-electron chi connectivity index (χ3n) is 3.36. The van der Waals surface area contributed by atoms with Gasteiger partial charge in [0.05, 0.1) is 17.0 Å². The zero-order valence-corrected chi connectivity index (χ0v) is 15.1. The summed E-state index contributed by atoms with van der Waals surface area (Å²) in [6.45, 7) is 1.75. The van der Waals surface area contributed by atoms with Gasteiger partial charge < -0.3 is 10.1 Å². The van der Waals surface area contributed by atoms with Crippen LogP contribution < -0.4 is 10.6 Å². The maximum Gasteiger partial charge on any atom is 0.414 e. The molecule has 2 heterocycles. The van der Waals surface area contributed by atoms with E-state index >= 15 is 0 Å². The molecule has 3 amide bonds. The number of carbonyl (C=O) groups excluding carboxylic acids is 3. The molecule has 1 aromatic carbocycles. The lowest BCUT2D eigenvalue weighted by Gasteiger charge is -2.06. The lowest BCUT2D eigenvalue weighted by Crippen LogP contribution is -2.31. The molecule has 0 saturated heterocycles. The first-order valence-corrected chi connectivity index (χ1v) is 9.24. The minimum absolute atomic E-state index is 0.134. The quantitative estimate of drug-likeness (QED) is 0.696. The molecule has 26 heavy (non-hydrogen) atoms. The monoisotopic (exact) mass is 392 g/mol. The molecule has 0 spiro atoms. The number of rotatable bonds is 4. The number of amides is 3. The second-order valence-electron chi connectivity index (χ2n) is 5.05. The fraction of sp³-hybridized carbons (Fsp3) is 0.118. The molecule has 0 radical (unpaired) electrons. The molecule has 134 valence electrons. The number of alkyl carbamates (subject to hydrolysis) is 1. The van der Waals surface area contributed by atoms with Crippen molar-refractivity contribution < 1.29 is 23.5 Å². The van der Waals surface area contributed by atoms with Gasteiger partial charge in [0.2, 0.25) is 0 Å². The maximum absolute atomic E-state index is 13.8. The molecule has 6 nitrogen and oxygen atoms in total. The highest BCUT2D eigenvalue weighted by Gasteiger charge is 2.19. The molecule has 2 N–H and O–H groups in total. The fourth-order valence-electron chi connectivity index (χ4n) is 2.21. The molecule has 9 heteroatoms. The number of carbonyl (C=O) groups is 3. The van der Waals surface area contributed by atoms with Gasteiger partial charge in [0.25, 0.3) is 11.8 Å². The van der Waals surface area contributed by atoms with Gasteiger partial charge in [-0.3, -0.25) is 14.9 Å². The average Bonchev–Trinajstić information content (AvgIpc) is 3.22. The van der Waals surface area contributed by atoms with E-state index in [-0.39, 0.29) is 17.2 Å². The van der Waals surface area contributed by atoms with Crippen LogP contribution in [0, 0.1) is 5.82 Å². The number of fused-ring (bicyclic) bond motifs is 1. The number of anilines is 1. The summed E-state index contributed by atoms with van der Waals surface area (Å²) in [5.74, 6) is -1.54. The van der Waals surface area contributed by atoms with Crippen LogP contribution in [0.5, 0.6) is 0 Å². The van der Waals surface area contributed by atoms with Crippen molar-refractivity contribution in [1.29, 1.82) is 0 Å². The molecular formula is C17H13FN2O4S2. The van der Waals surface area contributed by atoms with Crippen LogP contribution in [0.3, 0.4) is 0 Å². The number of halogens is 1.